The van der Waals surface area contributed by atoms with Crippen LogP contribution in [0.15, 0.2) is 4.99 Å². The van der Waals surface area contributed by atoms with Crippen LogP contribution < -0.4 is 16.0 Å². The van der Waals surface area contributed by atoms with Gasteiger partial charge >= 0.3 is 0 Å². The van der Waals surface area contributed by atoms with Crippen LogP contribution in [0.25, 0.3) is 0 Å². The van der Waals surface area contributed by atoms with Crippen molar-refractivity contribution in [2.75, 3.05) is 33.2 Å². The highest BCUT2D eigenvalue weighted by Gasteiger charge is 2.31. The zero-order valence-corrected chi connectivity index (χ0v) is 21.5. The van der Waals surface area contributed by atoms with Crippen LogP contribution in [0.3, 0.4) is 0 Å². The largest absolute Gasteiger partial charge is 0.355 e. The molecule has 3 rings (SSSR count). The van der Waals surface area contributed by atoms with Gasteiger partial charge in [0.15, 0.2) is 5.96 Å². The van der Waals surface area contributed by atoms with Crippen molar-refractivity contribution in [2.45, 2.75) is 83.1 Å². The van der Waals surface area contributed by atoms with Crippen LogP contribution in [-0.4, -0.2) is 61.9 Å². The van der Waals surface area contributed by atoms with E-state index in [0.717, 1.165) is 38.3 Å². The Morgan fingerprint density at radius 1 is 0.903 bits per heavy atom. The molecule has 178 valence electrons. The summed E-state index contributed by atoms with van der Waals surface area (Å²) in [7, 11) is 1.76. The van der Waals surface area contributed by atoms with Gasteiger partial charge in [-0.2, -0.15) is 0 Å². The molecular weight excluding hydrogens is 505 g/mol. The maximum atomic E-state index is 12.7. The molecule has 3 fully saturated rings. The van der Waals surface area contributed by atoms with Gasteiger partial charge in [-0.1, -0.05) is 38.5 Å². The monoisotopic (exact) mass is 547 g/mol. The molecule has 1 aliphatic heterocycles. The molecule has 31 heavy (non-hydrogen) atoms. The molecule has 1 heterocycles. The minimum Gasteiger partial charge on any atom is -0.355 e. The van der Waals surface area contributed by atoms with Gasteiger partial charge < -0.3 is 20.9 Å². The number of likely N-dealkylation sites (tertiary alicyclic amines) is 1. The zero-order chi connectivity index (χ0) is 21.2. The fourth-order valence-corrected chi connectivity index (χ4v) is 5.18. The second kappa shape index (κ2) is 14.2. The molecule has 0 aromatic heterocycles. The maximum absolute atomic E-state index is 12.7. The minimum absolute atomic E-state index is 0. The summed E-state index contributed by atoms with van der Waals surface area (Å²) in [5.41, 5.74) is 0. The summed E-state index contributed by atoms with van der Waals surface area (Å²) in [5.74, 6) is 2.07. The number of nitrogens with zero attached hydrogens (tertiary/aromatic N) is 2. The van der Waals surface area contributed by atoms with Crippen LogP contribution in [-0.2, 0) is 9.59 Å². The van der Waals surface area contributed by atoms with Gasteiger partial charge in [-0.05, 0) is 38.0 Å². The number of nitrogens with one attached hydrogen (secondary N) is 3. The number of hydrogen-bond donors (Lipinski definition) is 3. The highest BCUT2D eigenvalue weighted by Crippen LogP contribution is 2.27. The van der Waals surface area contributed by atoms with E-state index < -0.39 is 0 Å². The summed E-state index contributed by atoms with van der Waals surface area (Å²) < 4.78 is 0. The lowest BCUT2D eigenvalue weighted by Crippen LogP contribution is -2.47. The molecule has 0 bridgehead atoms. The molecule has 1 unspecified atom stereocenters. The van der Waals surface area contributed by atoms with Crippen molar-refractivity contribution in [2.24, 2.45) is 16.8 Å². The Kier molecular flexibility index (Phi) is 12.0. The van der Waals surface area contributed by atoms with Gasteiger partial charge in [0.1, 0.15) is 0 Å². The molecule has 2 amide bonds. The molecule has 0 aromatic carbocycles. The Bertz CT molecular complexity index is 589. The second-order valence-corrected chi connectivity index (χ2v) is 9.31. The Morgan fingerprint density at radius 2 is 1.55 bits per heavy atom. The molecule has 3 N–H and O–H groups in total. The van der Waals surface area contributed by atoms with Crippen molar-refractivity contribution >= 4 is 41.8 Å². The van der Waals surface area contributed by atoms with Crippen LogP contribution in [0.2, 0.25) is 0 Å². The van der Waals surface area contributed by atoms with Crippen LogP contribution in [0.5, 0.6) is 0 Å². The van der Waals surface area contributed by atoms with Gasteiger partial charge in [0.25, 0.3) is 0 Å². The number of amides is 2. The van der Waals surface area contributed by atoms with Crippen LogP contribution in [0, 0.1) is 11.8 Å². The molecule has 2 saturated carbocycles. The first-order valence-electron chi connectivity index (χ1n) is 12.2. The van der Waals surface area contributed by atoms with Gasteiger partial charge in [0.05, 0.1) is 0 Å². The van der Waals surface area contributed by atoms with E-state index in [2.05, 4.69) is 20.9 Å². The van der Waals surface area contributed by atoms with Crippen LogP contribution >= 0.6 is 24.0 Å². The maximum Gasteiger partial charge on any atom is 0.225 e. The van der Waals surface area contributed by atoms with E-state index in [1.54, 1.807) is 7.05 Å². The van der Waals surface area contributed by atoms with Crippen molar-refractivity contribution in [1.82, 2.24) is 20.9 Å². The Labute approximate surface area is 205 Å². The van der Waals surface area contributed by atoms with E-state index in [9.17, 15) is 9.59 Å². The van der Waals surface area contributed by atoms with Crippen LogP contribution in [0.1, 0.15) is 77.0 Å². The summed E-state index contributed by atoms with van der Waals surface area (Å²) in [5, 5.41) is 9.75. The Morgan fingerprint density at radius 3 is 2.23 bits per heavy atom. The van der Waals surface area contributed by atoms with Crippen LogP contribution in [0.4, 0.5) is 0 Å². The van der Waals surface area contributed by atoms with Crippen molar-refractivity contribution in [1.29, 1.82) is 0 Å². The van der Waals surface area contributed by atoms with E-state index >= 15 is 0 Å². The fraction of sp³-hybridized carbons (Fsp3) is 0.870. The van der Waals surface area contributed by atoms with Crippen molar-refractivity contribution < 1.29 is 9.59 Å². The summed E-state index contributed by atoms with van der Waals surface area (Å²) in [4.78, 5) is 31.2. The standard InChI is InChI=1S/C23H41N5O2.HI/c1-24-23(26-14-13-25-21(29)16-18-8-4-2-5-9-18)27-20-12-15-28(17-20)22(30)19-10-6-3-7-11-19;/h18-20H,2-17H2,1H3,(H,25,29)(H2,24,26,27);1H. The number of guanidine groups is 1. The van der Waals surface area contributed by atoms with E-state index in [1.165, 1.54) is 51.4 Å². The third kappa shape index (κ3) is 8.77. The SMILES string of the molecule is CN=C(NCCNC(=O)CC1CCCCC1)NC1CCN(C(=O)C2CCCCC2)C1.I. The topological polar surface area (TPSA) is 85.8 Å². The quantitative estimate of drug-likeness (QED) is 0.198. The average molecular weight is 548 g/mol. The molecule has 0 aromatic rings. The highest BCUT2D eigenvalue weighted by molar-refractivity contribution is 14.0. The number of carbonyl (C=O) groups excluding carboxylic acids is 2. The van der Waals surface area contributed by atoms with Crippen molar-refractivity contribution in [3.63, 3.8) is 0 Å². The minimum atomic E-state index is 0. The van der Waals surface area contributed by atoms with Gasteiger partial charge in [-0.3, -0.25) is 14.6 Å². The fourth-order valence-electron chi connectivity index (χ4n) is 5.18. The van der Waals surface area contributed by atoms with Crippen molar-refractivity contribution in [3.8, 4) is 0 Å². The van der Waals surface area contributed by atoms with E-state index in [-0.39, 0.29) is 41.8 Å². The number of halogens is 1. The van der Waals surface area contributed by atoms with Gasteiger partial charge in [-0.25, -0.2) is 0 Å². The molecule has 7 nitrogen and oxygen atoms in total. The lowest BCUT2D eigenvalue weighted by molar-refractivity contribution is -0.135. The lowest BCUT2D eigenvalue weighted by atomic mass is 9.87. The smallest absolute Gasteiger partial charge is 0.225 e. The van der Waals surface area contributed by atoms with Crippen molar-refractivity contribution in [3.05, 3.63) is 0 Å². The van der Waals surface area contributed by atoms with Gasteiger partial charge in [0.2, 0.25) is 11.8 Å². The first-order valence-corrected chi connectivity index (χ1v) is 12.2. The number of carbonyl (C=O) groups is 2. The van der Waals surface area contributed by atoms with E-state index in [4.69, 9.17) is 0 Å². The van der Waals surface area contributed by atoms with Gasteiger partial charge in [0, 0.05) is 51.6 Å². The predicted molar refractivity (Wildman–Crippen MR) is 136 cm³/mol. The number of aliphatic imine (C=N–C) groups is 1. The lowest BCUT2D eigenvalue weighted by Gasteiger charge is -2.26. The molecule has 0 spiro atoms. The molecule has 1 saturated heterocycles. The summed E-state index contributed by atoms with van der Waals surface area (Å²) in [6.07, 6.45) is 13.7. The summed E-state index contributed by atoms with van der Waals surface area (Å²) in [6, 6.07) is 0.240. The Hall–Kier alpha value is -1.06. The molecule has 8 heteroatoms. The third-order valence-corrected chi connectivity index (χ3v) is 6.96. The first kappa shape index (κ1) is 26.2. The first-order chi connectivity index (χ1) is 14.7. The van der Waals surface area contributed by atoms with Gasteiger partial charge in [-0.15, -0.1) is 24.0 Å². The average Bonchev–Trinajstić information content (AvgIpc) is 3.25. The normalized spacial score (nSPS) is 23.2. The van der Waals surface area contributed by atoms with E-state index in [1.807, 2.05) is 4.90 Å². The summed E-state index contributed by atoms with van der Waals surface area (Å²) in [6.45, 7) is 2.84. The number of rotatable bonds is 7. The number of hydrogen-bond acceptors (Lipinski definition) is 3. The molecule has 1 atom stereocenters. The third-order valence-electron chi connectivity index (χ3n) is 6.96. The molecule has 2 aliphatic carbocycles. The second-order valence-electron chi connectivity index (χ2n) is 9.31. The highest BCUT2D eigenvalue weighted by atomic mass is 127. The molecule has 3 aliphatic rings. The molecule has 0 radical (unpaired) electrons. The van der Waals surface area contributed by atoms with E-state index in [0.29, 0.717) is 31.3 Å². The molecular formula is C23H42IN5O2. The Balaban J connectivity index is 0.00000341. The predicted octanol–water partition coefficient (Wildman–Crippen LogP) is 3.04. The summed E-state index contributed by atoms with van der Waals surface area (Å²) >= 11 is 0. The zero-order valence-electron chi connectivity index (χ0n) is 19.2.